The fraction of sp³-hybridized carbons (Fsp3) is 0.308. The number of esters is 1. The maximum absolute atomic E-state index is 11.0. The van der Waals surface area contributed by atoms with Crippen molar-refractivity contribution in [3.05, 3.63) is 40.5 Å². The SMILES string of the molecule is CC(=O)OC1C(C)=Cc2ccc(C)cc21. The Hall–Kier alpha value is -1.57. The molecule has 1 unspecified atom stereocenters. The molecule has 0 saturated carbocycles. The summed E-state index contributed by atoms with van der Waals surface area (Å²) in [6.45, 7) is 5.47. The van der Waals surface area contributed by atoms with Gasteiger partial charge >= 0.3 is 5.97 Å². The number of hydrogen-bond donors (Lipinski definition) is 0. The number of hydrogen-bond acceptors (Lipinski definition) is 2. The van der Waals surface area contributed by atoms with Crippen molar-refractivity contribution in [1.29, 1.82) is 0 Å². The molecule has 0 saturated heterocycles. The van der Waals surface area contributed by atoms with Gasteiger partial charge in [-0.25, -0.2) is 0 Å². The van der Waals surface area contributed by atoms with Gasteiger partial charge in [-0.2, -0.15) is 0 Å². The second kappa shape index (κ2) is 3.54. The summed E-state index contributed by atoms with van der Waals surface area (Å²) in [5, 5.41) is 0. The molecule has 0 aliphatic heterocycles. The van der Waals surface area contributed by atoms with Crippen molar-refractivity contribution in [1.82, 2.24) is 0 Å². The Morgan fingerprint density at radius 3 is 2.73 bits per heavy atom. The zero-order valence-electron chi connectivity index (χ0n) is 9.20. The van der Waals surface area contributed by atoms with Crippen molar-refractivity contribution in [3.63, 3.8) is 0 Å². The van der Waals surface area contributed by atoms with Gasteiger partial charge in [-0.05, 0) is 25.0 Å². The molecule has 0 radical (unpaired) electrons. The zero-order valence-corrected chi connectivity index (χ0v) is 9.20. The van der Waals surface area contributed by atoms with E-state index < -0.39 is 0 Å². The Bertz CT molecular complexity index is 444. The normalized spacial score (nSPS) is 18.3. The van der Waals surface area contributed by atoms with Crippen LogP contribution in [0, 0.1) is 6.92 Å². The maximum atomic E-state index is 11.0. The Morgan fingerprint density at radius 1 is 1.33 bits per heavy atom. The molecular formula is C13H14O2. The zero-order chi connectivity index (χ0) is 11.0. The molecule has 2 heteroatoms. The molecule has 15 heavy (non-hydrogen) atoms. The first-order valence-electron chi connectivity index (χ1n) is 5.04. The summed E-state index contributed by atoms with van der Waals surface area (Å²) in [7, 11) is 0. The molecule has 1 aromatic carbocycles. The summed E-state index contributed by atoms with van der Waals surface area (Å²) >= 11 is 0. The topological polar surface area (TPSA) is 26.3 Å². The number of fused-ring (bicyclic) bond motifs is 1. The molecule has 1 aliphatic rings. The summed E-state index contributed by atoms with van der Waals surface area (Å²) in [6.07, 6.45) is 1.89. The Kier molecular flexibility index (Phi) is 2.35. The van der Waals surface area contributed by atoms with E-state index in [2.05, 4.69) is 24.3 Å². The predicted octanol–water partition coefficient (Wildman–Crippen LogP) is 3.02. The molecule has 1 aromatic rings. The molecule has 0 heterocycles. The van der Waals surface area contributed by atoms with E-state index in [0.717, 1.165) is 16.7 Å². The molecule has 78 valence electrons. The van der Waals surface area contributed by atoms with Crippen molar-refractivity contribution in [3.8, 4) is 0 Å². The minimum atomic E-state index is -0.234. The predicted molar refractivity (Wildman–Crippen MR) is 59.3 cm³/mol. The quantitative estimate of drug-likeness (QED) is 0.654. The summed E-state index contributed by atoms with van der Waals surface area (Å²) in [6, 6.07) is 6.21. The lowest BCUT2D eigenvalue weighted by molar-refractivity contribution is -0.144. The van der Waals surface area contributed by atoms with E-state index >= 15 is 0 Å². The third-order valence-corrected chi connectivity index (χ3v) is 2.61. The van der Waals surface area contributed by atoms with Crippen LogP contribution in [0.15, 0.2) is 23.8 Å². The number of rotatable bonds is 1. The van der Waals surface area contributed by atoms with Crippen LogP contribution in [0.3, 0.4) is 0 Å². The van der Waals surface area contributed by atoms with Crippen LogP contribution < -0.4 is 0 Å². The molecule has 1 atom stereocenters. The van der Waals surface area contributed by atoms with E-state index in [4.69, 9.17) is 4.74 Å². The molecule has 0 spiro atoms. The third-order valence-electron chi connectivity index (χ3n) is 2.61. The maximum Gasteiger partial charge on any atom is 0.303 e. The summed E-state index contributed by atoms with van der Waals surface area (Å²) in [5.74, 6) is -0.234. The lowest BCUT2D eigenvalue weighted by Crippen LogP contribution is -2.07. The first-order chi connectivity index (χ1) is 7.08. The second-order valence-corrected chi connectivity index (χ2v) is 4.01. The minimum absolute atomic E-state index is 0.183. The average Bonchev–Trinajstić information content (AvgIpc) is 2.43. The van der Waals surface area contributed by atoms with Crippen LogP contribution in [0.1, 0.15) is 36.6 Å². The summed E-state index contributed by atoms with van der Waals surface area (Å²) < 4.78 is 5.30. The fourth-order valence-corrected chi connectivity index (χ4v) is 1.94. The van der Waals surface area contributed by atoms with E-state index in [-0.39, 0.29) is 12.1 Å². The van der Waals surface area contributed by atoms with Crippen LogP contribution >= 0.6 is 0 Å². The monoisotopic (exact) mass is 202 g/mol. The van der Waals surface area contributed by atoms with Crippen molar-refractivity contribution in [2.45, 2.75) is 26.9 Å². The van der Waals surface area contributed by atoms with E-state index in [9.17, 15) is 4.79 Å². The fourth-order valence-electron chi connectivity index (χ4n) is 1.94. The molecule has 0 amide bonds. The van der Waals surface area contributed by atoms with Crippen LogP contribution in [0.25, 0.3) is 6.08 Å². The van der Waals surface area contributed by atoms with Gasteiger partial charge in [0.05, 0.1) is 0 Å². The second-order valence-electron chi connectivity index (χ2n) is 4.01. The molecule has 2 rings (SSSR count). The largest absolute Gasteiger partial charge is 0.453 e. The summed E-state index contributed by atoms with van der Waals surface area (Å²) in [4.78, 5) is 11.0. The Balaban J connectivity index is 2.40. The molecule has 0 N–H and O–H groups in total. The first kappa shape index (κ1) is 9.97. The molecule has 2 nitrogen and oxygen atoms in total. The van der Waals surface area contributed by atoms with Gasteiger partial charge in [-0.3, -0.25) is 4.79 Å². The van der Waals surface area contributed by atoms with Crippen molar-refractivity contribution >= 4 is 12.0 Å². The van der Waals surface area contributed by atoms with Crippen molar-refractivity contribution in [2.75, 3.05) is 0 Å². The van der Waals surface area contributed by atoms with Crippen LogP contribution in [0.2, 0.25) is 0 Å². The average molecular weight is 202 g/mol. The highest BCUT2D eigenvalue weighted by molar-refractivity contribution is 5.71. The van der Waals surface area contributed by atoms with Gasteiger partial charge in [-0.15, -0.1) is 0 Å². The molecule has 1 aliphatic carbocycles. The van der Waals surface area contributed by atoms with Crippen LogP contribution in [0.5, 0.6) is 0 Å². The minimum Gasteiger partial charge on any atom is -0.453 e. The number of aryl methyl sites for hydroxylation is 1. The molecular weight excluding hydrogens is 188 g/mol. The highest BCUT2D eigenvalue weighted by Crippen LogP contribution is 2.37. The van der Waals surface area contributed by atoms with Crippen molar-refractivity contribution in [2.24, 2.45) is 0 Å². The van der Waals surface area contributed by atoms with Gasteiger partial charge < -0.3 is 4.74 Å². The standard InChI is InChI=1S/C13H14O2/c1-8-4-5-11-7-9(2)13(12(11)6-8)15-10(3)14/h4-7,13H,1-3H3. The number of ether oxygens (including phenoxy) is 1. The van der Waals surface area contributed by atoms with E-state index in [1.807, 2.05) is 13.8 Å². The number of carbonyl (C=O) groups excluding carboxylic acids is 1. The number of carbonyl (C=O) groups is 1. The lowest BCUT2D eigenvalue weighted by Gasteiger charge is -2.14. The molecule has 0 bridgehead atoms. The molecule has 0 aromatic heterocycles. The van der Waals surface area contributed by atoms with Gasteiger partial charge in [0.15, 0.2) is 0 Å². The smallest absolute Gasteiger partial charge is 0.303 e. The van der Waals surface area contributed by atoms with E-state index in [1.165, 1.54) is 12.5 Å². The lowest BCUT2D eigenvalue weighted by atomic mass is 10.0. The van der Waals surface area contributed by atoms with Gasteiger partial charge in [0.2, 0.25) is 0 Å². The van der Waals surface area contributed by atoms with Gasteiger partial charge in [0.1, 0.15) is 6.10 Å². The van der Waals surface area contributed by atoms with Gasteiger partial charge in [-0.1, -0.05) is 29.8 Å². The number of benzene rings is 1. The van der Waals surface area contributed by atoms with Crippen LogP contribution in [-0.4, -0.2) is 5.97 Å². The van der Waals surface area contributed by atoms with Crippen LogP contribution in [0.4, 0.5) is 0 Å². The summed E-state index contributed by atoms with van der Waals surface area (Å²) in [5.41, 5.74) is 4.53. The highest BCUT2D eigenvalue weighted by atomic mass is 16.5. The Labute approximate surface area is 89.6 Å². The van der Waals surface area contributed by atoms with Crippen molar-refractivity contribution < 1.29 is 9.53 Å². The third kappa shape index (κ3) is 1.80. The molecule has 0 fully saturated rings. The van der Waals surface area contributed by atoms with Crippen LogP contribution in [-0.2, 0) is 9.53 Å². The van der Waals surface area contributed by atoms with E-state index in [1.54, 1.807) is 0 Å². The first-order valence-corrected chi connectivity index (χ1v) is 5.04. The van der Waals surface area contributed by atoms with Gasteiger partial charge in [0, 0.05) is 12.5 Å². The van der Waals surface area contributed by atoms with Gasteiger partial charge in [0.25, 0.3) is 0 Å². The Morgan fingerprint density at radius 2 is 2.07 bits per heavy atom. The highest BCUT2D eigenvalue weighted by Gasteiger charge is 2.24. The van der Waals surface area contributed by atoms with E-state index in [0.29, 0.717) is 0 Å².